The molecule has 3 heteroatoms. The summed E-state index contributed by atoms with van der Waals surface area (Å²) < 4.78 is 0. The SMILES string of the molecule is CC(C)(O)CO.[Ag]. The molecule has 2 N–H and O–H groups in total. The molecular weight excluding hydrogens is 188 g/mol. The summed E-state index contributed by atoms with van der Waals surface area (Å²) in [6.45, 7) is 2.92. The molecule has 0 aromatic heterocycles. The smallest absolute Gasteiger partial charge is 0.0821 e. The molecule has 0 aliphatic heterocycles. The molecule has 0 aromatic rings. The summed E-state index contributed by atoms with van der Waals surface area (Å²) in [5, 5.41) is 16.7. The van der Waals surface area contributed by atoms with Crippen molar-refractivity contribution in [1.82, 2.24) is 0 Å². The molecule has 0 aliphatic rings. The number of aliphatic hydroxyl groups excluding tert-OH is 1. The quantitative estimate of drug-likeness (QED) is 0.570. The van der Waals surface area contributed by atoms with Crippen molar-refractivity contribution in [2.24, 2.45) is 0 Å². The molecule has 0 amide bonds. The van der Waals surface area contributed by atoms with Crippen LogP contribution in [-0.2, 0) is 22.4 Å². The van der Waals surface area contributed by atoms with Crippen LogP contribution in [0.2, 0.25) is 0 Å². The maximum absolute atomic E-state index is 8.58. The first kappa shape index (κ1) is 10.6. The van der Waals surface area contributed by atoms with Gasteiger partial charge in [0.15, 0.2) is 0 Å². The van der Waals surface area contributed by atoms with Crippen LogP contribution in [0.4, 0.5) is 0 Å². The summed E-state index contributed by atoms with van der Waals surface area (Å²) in [5.74, 6) is 0. The molecule has 0 spiro atoms. The number of hydrogen-bond donors (Lipinski definition) is 2. The second-order valence-corrected chi connectivity index (χ2v) is 1.97. The summed E-state index contributed by atoms with van der Waals surface area (Å²) in [5.41, 5.74) is -0.903. The predicted molar refractivity (Wildman–Crippen MR) is 23.4 cm³/mol. The van der Waals surface area contributed by atoms with Gasteiger partial charge in [0.05, 0.1) is 12.2 Å². The van der Waals surface area contributed by atoms with Gasteiger partial charge in [0, 0.05) is 22.4 Å². The van der Waals surface area contributed by atoms with Gasteiger partial charge in [-0.1, -0.05) is 0 Å². The zero-order valence-corrected chi connectivity index (χ0v) is 5.89. The number of aliphatic hydroxyl groups is 2. The maximum Gasteiger partial charge on any atom is 0.0821 e. The average Bonchev–Trinajstić information content (AvgIpc) is 1.35. The van der Waals surface area contributed by atoms with E-state index in [-0.39, 0.29) is 29.0 Å². The minimum atomic E-state index is -0.903. The zero-order valence-electron chi connectivity index (χ0n) is 4.40. The first-order valence-corrected chi connectivity index (χ1v) is 1.89. The van der Waals surface area contributed by atoms with E-state index in [0.717, 1.165) is 0 Å². The van der Waals surface area contributed by atoms with E-state index in [1.54, 1.807) is 13.8 Å². The molecule has 0 bridgehead atoms. The van der Waals surface area contributed by atoms with E-state index in [1.165, 1.54) is 0 Å². The Morgan fingerprint density at radius 3 is 1.57 bits per heavy atom. The van der Waals surface area contributed by atoms with Crippen LogP contribution in [0.5, 0.6) is 0 Å². The van der Waals surface area contributed by atoms with Crippen LogP contribution in [0, 0.1) is 0 Å². The van der Waals surface area contributed by atoms with Gasteiger partial charge in [-0.05, 0) is 13.8 Å². The van der Waals surface area contributed by atoms with Crippen molar-refractivity contribution in [3.05, 3.63) is 0 Å². The van der Waals surface area contributed by atoms with Gasteiger partial charge in [0.25, 0.3) is 0 Å². The van der Waals surface area contributed by atoms with Gasteiger partial charge >= 0.3 is 0 Å². The van der Waals surface area contributed by atoms with Gasteiger partial charge in [0.2, 0.25) is 0 Å². The topological polar surface area (TPSA) is 40.5 Å². The Kier molecular flexibility index (Phi) is 5.51. The molecule has 0 aliphatic carbocycles. The van der Waals surface area contributed by atoms with Crippen LogP contribution < -0.4 is 0 Å². The van der Waals surface area contributed by atoms with E-state index >= 15 is 0 Å². The van der Waals surface area contributed by atoms with Gasteiger partial charge in [0.1, 0.15) is 0 Å². The van der Waals surface area contributed by atoms with Gasteiger partial charge in [-0.15, -0.1) is 0 Å². The Bertz CT molecular complexity index is 39.4. The molecule has 0 heterocycles. The number of rotatable bonds is 1. The molecule has 1 radical (unpaired) electrons. The summed E-state index contributed by atoms with van der Waals surface area (Å²) in [6.07, 6.45) is 0. The van der Waals surface area contributed by atoms with Crippen molar-refractivity contribution in [1.29, 1.82) is 0 Å². The molecule has 0 rings (SSSR count). The van der Waals surface area contributed by atoms with Crippen molar-refractivity contribution in [2.45, 2.75) is 19.4 Å². The summed E-state index contributed by atoms with van der Waals surface area (Å²) >= 11 is 0. The van der Waals surface area contributed by atoms with Gasteiger partial charge in [-0.2, -0.15) is 0 Å². The third-order valence-electron chi connectivity index (χ3n) is 0.387. The minimum Gasteiger partial charge on any atom is -0.393 e. The van der Waals surface area contributed by atoms with E-state index in [4.69, 9.17) is 10.2 Å². The molecule has 2 nitrogen and oxygen atoms in total. The van der Waals surface area contributed by atoms with Crippen molar-refractivity contribution in [3.63, 3.8) is 0 Å². The molecule has 0 unspecified atom stereocenters. The van der Waals surface area contributed by atoms with Gasteiger partial charge in [-0.25, -0.2) is 0 Å². The van der Waals surface area contributed by atoms with Crippen LogP contribution in [0.15, 0.2) is 0 Å². The summed E-state index contributed by atoms with van der Waals surface area (Å²) in [6, 6.07) is 0. The molecule has 0 saturated heterocycles. The Balaban J connectivity index is 0. The first-order valence-electron chi connectivity index (χ1n) is 1.89. The van der Waals surface area contributed by atoms with Crippen molar-refractivity contribution < 1.29 is 32.6 Å². The molecular formula is C4H10AgO2. The van der Waals surface area contributed by atoms with Gasteiger partial charge in [-0.3, -0.25) is 0 Å². The Labute approximate surface area is 59.1 Å². The second kappa shape index (κ2) is 3.64. The van der Waals surface area contributed by atoms with Crippen LogP contribution >= 0.6 is 0 Å². The Morgan fingerprint density at radius 1 is 1.43 bits per heavy atom. The third-order valence-corrected chi connectivity index (χ3v) is 0.387. The van der Waals surface area contributed by atoms with E-state index in [9.17, 15) is 0 Å². The van der Waals surface area contributed by atoms with Crippen LogP contribution in [0.25, 0.3) is 0 Å². The molecule has 0 fully saturated rings. The van der Waals surface area contributed by atoms with E-state index in [1.807, 2.05) is 0 Å². The predicted octanol–water partition coefficient (Wildman–Crippen LogP) is -0.253. The van der Waals surface area contributed by atoms with Crippen molar-refractivity contribution in [3.8, 4) is 0 Å². The molecule has 49 valence electrons. The normalized spacial score (nSPS) is 10.3. The fourth-order valence-corrected chi connectivity index (χ4v) is 0. The summed E-state index contributed by atoms with van der Waals surface area (Å²) in [7, 11) is 0. The molecule has 0 aromatic carbocycles. The van der Waals surface area contributed by atoms with Crippen LogP contribution in [0.1, 0.15) is 13.8 Å². The average molecular weight is 198 g/mol. The standard InChI is InChI=1S/C4H10O2.Ag/c1-4(2,6)3-5;/h5-6H,3H2,1-2H3;. The first-order chi connectivity index (χ1) is 2.56. The molecule has 0 saturated carbocycles. The van der Waals surface area contributed by atoms with Crippen molar-refractivity contribution in [2.75, 3.05) is 6.61 Å². The zero-order chi connectivity index (χ0) is 5.21. The Morgan fingerprint density at radius 2 is 1.57 bits per heavy atom. The monoisotopic (exact) mass is 197 g/mol. The fourth-order valence-electron chi connectivity index (χ4n) is 0. The van der Waals surface area contributed by atoms with E-state index in [0.29, 0.717) is 0 Å². The minimum absolute atomic E-state index is 0. The van der Waals surface area contributed by atoms with Gasteiger partial charge < -0.3 is 10.2 Å². The second-order valence-electron chi connectivity index (χ2n) is 1.97. The van der Waals surface area contributed by atoms with E-state index < -0.39 is 5.60 Å². The largest absolute Gasteiger partial charge is 0.393 e. The van der Waals surface area contributed by atoms with Crippen LogP contribution in [-0.4, -0.2) is 22.4 Å². The maximum atomic E-state index is 8.58. The van der Waals surface area contributed by atoms with E-state index in [2.05, 4.69) is 0 Å². The third kappa shape index (κ3) is 10.8. The van der Waals surface area contributed by atoms with Crippen molar-refractivity contribution >= 4 is 0 Å². The molecule has 0 atom stereocenters. The molecule has 7 heavy (non-hydrogen) atoms. The fraction of sp³-hybridized carbons (Fsp3) is 1.00. The van der Waals surface area contributed by atoms with Crippen LogP contribution in [0.3, 0.4) is 0 Å². The Hall–Kier alpha value is 0.660. The summed E-state index contributed by atoms with van der Waals surface area (Å²) in [4.78, 5) is 0. The number of hydrogen-bond acceptors (Lipinski definition) is 2.